The van der Waals surface area contributed by atoms with Crippen molar-refractivity contribution >= 4 is 5.97 Å². The Hall–Kier alpha value is -1.14. The number of carboxylic acids is 1. The Kier molecular flexibility index (Phi) is 23.2. The van der Waals surface area contributed by atoms with Gasteiger partial charge in [-0.3, -0.25) is 15.6 Å². The second-order valence-electron chi connectivity index (χ2n) is 16.2. The van der Waals surface area contributed by atoms with Crippen LogP contribution in [0.3, 0.4) is 0 Å². The molecule has 299 valence electrons. The van der Waals surface area contributed by atoms with E-state index in [1.54, 1.807) is 0 Å². The number of fused-ring (bicyclic) bond motifs is 4. The van der Waals surface area contributed by atoms with Crippen molar-refractivity contribution in [1.29, 1.82) is 0 Å². The van der Waals surface area contributed by atoms with Crippen LogP contribution >= 0.6 is 0 Å². The van der Waals surface area contributed by atoms with Gasteiger partial charge in [-0.15, -0.1) is 0 Å². The predicted molar refractivity (Wildman–Crippen MR) is 206 cm³/mol. The Balaban J connectivity index is 0.000000243. The molecule has 4 saturated carbocycles. The van der Waals surface area contributed by atoms with Gasteiger partial charge in [0.1, 0.15) is 0 Å². The number of nitrogens with zero attached hydrogens (tertiary/aromatic N) is 2. The van der Waals surface area contributed by atoms with E-state index in [1.807, 2.05) is 0 Å². The Morgan fingerprint density at radius 2 is 1.23 bits per heavy atom. The van der Waals surface area contributed by atoms with E-state index < -0.39 is 12.3 Å². The molecule has 4 aliphatic carbocycles. The Bertz CT molecular complexity index is 1070. The normalized spacial score (nSPS) is 26.8. The van der Waals surface area contributed by atoms with Gasteiger partial charge in [-0.25, -0.2) is 5.01 Å². The Morgan fingerprint density at radius 3 is 1.81 bits per heavy atom. The van der Waals surface area contributed by atoms with Crippen molar-refractivity contribution in [3.63, 3.8) is 0 Å². The van der Waals surface area contributed by atoms with Crippen LogP contribution in [0.25, 0.3) is 0 Å². The van der Waals surface area contributed by atoms with E-state index >= 15 is 0 Å². The van der Waals surface area contributed by atoms with E-state index in [4.69, 9.17) is 26.1 Å². The number of aliphatic hydroxyl groups is 2. The fraction of sp³-hybridized carbons (Fsp3) is 0.854. The molecule has 52 heavy (non-hydrogen) atoms. The quantitative estimate of drug-likeness (QED) is 0.0882. The molecule has 8 N–H and O–H groups in total. The SMILES string of the molecule is NN1CCN[C@@H]2CCCC[C@H]2NCc2cccc(n2)CN[C@@H]2CCCC[C@H]21.O=C(O)CCCC1CCCCC1.OC(O)CCCC1CCCCC1.[Mn]. The van der Waals surface area contributed by atoms with Gasteiger partial charge in [-0.05, 0) is 75.3 Å². The maximum absolute atomic E-state index is 10.2. The number of pyridine rings is 1. The van der Waals surface area contributed by atoms with E-state index in [-0.39, 0.29) is 17.1 Å². The number of aromatic nitrogens is 1. The van der Waals surface area contributed by atoms with Crippen LogP contribution in [0.2, 0.25) is 0 Å². The van der Waals surface area contributed by atoms with Gasteiger partial charge in [0.05, 0.1) is 11.4 Å². The molecule has 0 amide bonds. The van der Waals surface area contributed by atoms with Crippen LogP contribution in [0.5, 0.6) is 0 Å². The summed E-state index contributed by atoms with van der Waals surface area (Å²) in [4.78, 5) is 15.1. The van der Waals surface area contributed by atoms with E-state index in [2.05, 4.69) is 39.2 Å². The maximum atomic E-state index is 10.2. The zero-order valence-electron chi connectivity index (χ0n) is 32.2. The van der Waals surface area contributed by atoms with Gasteiger partial charge in [-0.1, -0.05) is 102 Å². The molecule has 2 heterocycles. The molecule has 5 aliphatic rings. The molecule has 0 saturated heterocycles. The molecule has 1 radical (unpaired) electrons. The summed E-state index contributed by atoms with van der Waals surface area (Å²) >= 11 is 0. The zero-order chi connectivity index (χ0) is 36.1. The largest absolute Gasteiger partial charge is 0.481 e. The monoisotopic (exact) mass is 770 g/mol. The predicted octanol–water partition coefficient (Wildman–Crippen LogP) is 6.53. The number of nitrogens with one attached hydrogen (secondary N) is 3. The topological polar surface area (TPSA) is 156 Å². The maximum Gasteiger partial charge on any atom is 0.303 e. The van der Waals surface area contributed by atoms with E-state index in [9.17, 15) is 4.79 Å². The van der Waals surface area contributed by atoms with Gasteiger partial charge < -0.3 is 31.3 Å². The summed E-state index contributed by atoms with van der Waals surface area (Å²) < 4.78 is 0. The molecule has 1 aromatic rings. The average Bonchev–Trinajstić information content (AvgIpc) is 3.15. The summed E-state index contributed by atoms with van der Waals surface area (Å²) in [6, 6.07) is 8.38. The zero-order valence-corrected chi connectivity index (χ0v) is 33.4. The van der Waals surface area contributed by atoms with Gasteiger partial charge in [0.25, 0.3) is 0 Å². The Morgan fingerprint density at radius 1 is 0.731 bits per heavy atom. The van der Waals surface area contributed by atoms with Crippen LogP contribution in [0.1, 0.15) is 165 Å². The number of hydrogen-bond donors (Lipinski definition) is 7. The first-order valence-electron chi connectivity index (χ1n) is 21.1. The van der Waals surface area contributed by atoms with Crippen LogP contribution < -0.4 is 21.8 Å². The molecule has 1 aromatic heterocycles. The van der Waals surface area contributed by atoms with Crippen molar-refractivity contribution in [2.24, 2.45) is 17.7 Å². The smallest absolute Gasteiger partial charge is 0.303 e. The number of nitrogens with two attached hydrogens (primary N) is 1. The second kappa shape index (κ2) is 26.6. The van der Waals surface area contributed by atoms with E-state index in [0.29, 0.717) is 37.0 Å². The molecular weight excluding hydrogens is 695 g/mol. The number of hydrazine groups is 1. The fourth-order valence-electron chi connectivity index (χ4n) is 9.19. The standard InChI is InChI=1S/C21H36N6.C10H20O2.C10H18O2.Mn/c22-27-13-12-23-18-8-1-2-9-19(18)24-14-16-6-5-7-17(26-16)15-25-20-10-3-4-11-21(20)27;2*11-10(12)8-4-7-9-5-2-1-3-6-9;/h5-7,18-21,23-25H,1-4,8-15,22H2;9-12H,1-8H2;9H,1-8H2,(H,11,12);/t18-,19-,20-,21-;;;/m1.../s1. The minimum absolute atomic E-state index is 0. The molecule has 0 aromatic carbocycles. The second-order valence-corrected chi connectivity index (χ2v) is 16.2. The summed E-state index contributed by atoms with van der Waals surface area (Å²) in [7, 11) is 0. The van der Waals surface area contributed by atoms with Crippen molar-refractivity contribution in [3.8, 4) is 0 Å². The van der Waals surface area contributed by atoms with Crippen molar-refractivity contribution < 1.29 is 37.2 Å². The van der Waals surface area contributed by atoms with Gasteiger partial charge >= 0.3 is 5.97 Å². The third-order valence-corrected chi connectivity index (χ3v) is 12.2. The molecule has 10 nitrogen and oxygen atoms in total. The van der Waals surface area contributed by atoms with Crippen LogP contribution in [-0.4, -0.2) is 74.8 Å². The number of rotatable bonds is 8. The third-order valence-electron chi connectivity index (χ3n) is 12.2. The first kappa shape index (κ1) is 45.3. The van der Waals surface area contributed by atoms with Gasteiger partial charge in [0.2, 0.25) is 0 Å². The molecule has 6 rings (SSSR count). The Labute approximate surface area is 326 Å². The molecular formula is C41H74MnN6O4. The van der Waals surface area contributed by atoms with Gasteiger partial charge in [0.15, 0.2) is 6.29 Å². The van der Waals surface area contributed by atoms with Crippen molar-refractivity contribution in [2.75, 3.05) is 13.1 Å². The molecule has 0 unspecified atom stereocenters. The summed E-state index contributed by atoms with van der Waals surface area (Å²) in [5.74, 6) is 7.58. The third kappa shape index (κ3) is 18.0. The number of carboxylic acid groups (broad SMARTS) is 1. The van der Waals surface area contributed by atoms with Crippen molar-refractivity contribution in [1.82, 2.24) is 25.9 Å². The van der Waals surface area contributed by atoms with Crippen LogP contribution in [0.4, 0.5) is 0 Å². The van der Waals surface area contributed by atoms with E-state index in [0.717, 1.165) is 68.7 Å². The van der Waals surface area contributed by atoms with Crippen molar-refractivity contribution in [2.45, 2.75) is 198 Å². The van der Waals surface area contributed by atoms with Gasteiger partial charge in [-0.2, -0.15) is 0 Å². The number of aliphatic hydroxyl groups excluding tert-OH is 1. The summed E-state index contributed by atoms with van der Waals surface area (Å²) in [5, 5.41) is 39.1. The average molecular weight is 770 g/mol. The molecule has 4 fully saturated rings. The molecule has 1 aliphatic heterocycles. The minimum atomic E-state index is -1.09. The van der Waals surface area contributed by atoms with E-state index in [1.165, 1.54) is 122 Å². The number of carbonyl (C=O) groups is 1. The van der Waals surface area contributed by atoms with Crippen molar-refractivity contribution in [3.05, 3.63) is 29.6 Å². The van der Waals surface area contributed by atoms with Crippen LogP contribution in [-0.2, 0) is 35.0 Å². The summed E-state index contributed by atoms with van der Waals surface area (Å²) in [5.41, 5.74) is 2.28. The number of hydrogen-bond acceptors (Lipinski definition) is 9. The molecule has 4 atom stereocenters. The van der Waals surface area contributed by atoms with Crippen LogP contribution in [0.15, 0.2) is 18.2 Å². The van der Waals surface area contributed by atoms with Gasteiger partial charge in [0, 0.05) is 73.8 Å². The number of aliphatic carboxylic acids is 1. The summed E-state index contributed by atoms with van der Waals surface area (Å²) in [6.07, 6.45) is 27.8. The molecule has 11 heteroatoms. The minimum Gasteiger partial charge on any atom is -0.481 e. The molecule has 0 spiro atoms. The fourth-order valence-corrected chi connectivity index (χ4v) is 9.19. The molecule has 2 bridgehead atoms. The first-order chi connectivity index (χ1) is 24.9. The van der Waals surface area contributed by atoms with Crippen LogP contribution in [0, 0.1) is 11.8 Å². The first-order valence-corrected chi connectivity index (χ1v) is 21.1. The summed E-state index contributed by atoms with van der Waals surface area (Å²) in [6.45, 7) is 3.56.